The summed E-state index contributed by atoms with van der Waals surface area (Å²) < 4.78 is 0. The molecule has 0 spiro atoms. The van der Waals surface area contributed by atoms with Crippen molar-refractivity contribution in [3.8, 4) is 0 Å². The van der Waals surface area contributed by atoms with Crippen LogP contribution in [0.25, 0.3) is 0 Å². The molecule has 5 nitrogen and oxygen atoms in total. The average molecular weight is 406 g/mol. The number of Topliss-reactive ketones (excluding diaryl/α,β-unsaturated/α-hetero) is 1. The number of nitrogens with one attached hydrogen (secondary N) is 2. The van der Waals surface area contributed by atoms with Gasteiger partial charge in [0.1, 0.15) is 32.7 Å². The molecule has 1 fully saturated rings. The molecule has 0 unspecified atom stereocenters. The lowest BCUT2D eigenvalue weighted by atomic mass is 10.1. The van der Waals surface area contributed by atoms with Crippen molar-refractivity contribution in [2.45, 2.75) is 6.54 Å². The van der Waals surface area contributed by atoms with Crippen molar-refractivity contribution in [1.29, 1.82) is 0 Å². The standard InChI is InChI=1S/C20H19Cl2N3O2/c21-15-3-1-14(2-4-15)12-23-7-9-24(10-8-23)13-25-18-6-5-16(22)11-17(18)19(26)20(25)27/h1-6,11H,7-10,12-13H2/p+2. The predicted octanol–water partition coefficient (Wildman–Crippen LogP) is 0.464. The van der Waals surface area contributed by atoms with Crippen molar-refractivity contribution in [2.24, 2.45) is 0 Å². The molecule has 1 amide bonds. The second kappa shape index (κ2) is 7.60. The third-order valence-electron chi connectivity index (χ3n) is 5.35. The summed E-state index contributed by atoms with van der Waals surface area (Å²) in [5.41, 5.74) is 2.38. The first-order valence-corrected chi connectivity index (χ1v) is 9.84. The summed E-state index contributed by atoms with van der Waals surface area (Å²) in [5, 5.41) is 1.23. The minimum Gasteiger partial charge on any atom is -0.322 e. The number of benzene rings is 2. The van der Waals surface area contributed by atoms with Crippen LogP contribution in [0.15, 0.2) is 42.5 Å². The van der Waals surface area contributed by atoms with Gasteiger partial charge in [-0.25, -0.2) is 0 Å². The van der Waals surface area contributed by atoms with Crippen LogP contribution in [0.1, 0.15) is 15.9 Å². The molecule has 140 valence electrons. The Morgan fingerprint density at radius 3 is 2.19 bits per heavy atom. The van der Waals surface area contributed by atoms with Crippen LogP contribution in [0.3, 0.4) is 0 Å². The van der Waals surface area contributed by atoms with E-state index in [1.807, 2.05) is 12.1 Å². The monoisotopic (exact) mass is 405 g/mol. The number of ketones is 1. The smallest absolute Gasteiger partial charge is 0.303 e. The fraction of sp³-hybridized carbons (Fsp3) is 0.300. The fourth-order valence-electron chi connectivity index (χ4n) is 3.84. The third kappa shape index (κ3) is 3.87. The van der Waals surface area contributed by atoms with Crippen LogP contribution >= 0.6 is 23.2 Å². The zero-order valence-electron chi connectivity index (χ0n) is 14.8. The number of hydrogen-bond acceptors (Lipinski definition) is 2. The largest absolute Gasteiger partial charge is 0.322 e. The van der Waals surface area contributed by atoms with E-state index in [2.05, 4.69) is 12.1 Å². The molecular formula is C20H21Cl2N3O2+2. The van der Waals surface area contributed by atoms with Crippen LogP contribution in [-0.2, 0) is 11.3 Å². The normalized spacial score (nSPS) is 22.2. The predicted molar refractivity (Wildman–Crippen MR) is 105 cm³/mol. The van der Waals surface area contributed by atoms with Gasteiger partial charge in [-0.2, -0.15) is 0 Å². The van der Waals surface area contributed by atoms with Crippen molar-refractivity contribution in [2.75, 3.05) is 37.7 Å². The van der Waals surface area contributed by atoms with Crippen LogP contribution in [0, 0.1) is 0 Å². The summed E-state index contributed by atoms with van der Waals surface area (Å²) in [6, 6.07) is 13.1. The van der Waals surface area contributed by atoms with Crippen LogP contribution in [0.5, 0.6) is 0 Å². The molecule has 2 N–H and O–H groups in total. The van der Waals surface area contributed by atoms with Crippen LogP contribution in [0.2, 0.25) is 10.0 Å². The Hall–Kier alpha value is -1.92. The van der Waals surface area contributed by atoms with Gasteiger partial charge in [0, 0.05) is 15.6 Å². The summed E-state index contributed by atoms with van der Waals surface area (Å²) in [4.78, 5) is 29.0. The molecule has 0 atom stereocenters. The summed E-state index contributed by atoms with van der Waals surface area (Å²) in [5.74, 6) is -0.908. The fourth-order valence-corrected chi connectivity index (χ4v) is 4.13. The highest BCUT2D eigenvalue weighted by Crippen LogP contribution is 2.30. The Labute approximate surface area is 168 Å². The second-order valence-electron chi connectivity index (χ2n) is 7.19. The first-order valence-electron chi connectivity index (χ1n) is 9.08. The molecule has 2 heterocycles. The van der Waals surface area contributed by atoms with Crippen LogP contribution in [0.4, 0.5) is 5.69 Å². The second-order valence-corrected chi connectivity index (χ2v) is 8.06. The van der Waals surface area contributed by atoms with E-state index in [-0.39, 0.29) is 0 Å². The molecule has 0 aromatic heterocycles. The molecular weight excluding hydrogens is 385 g/mol. The number of fused-ring (bicyclic) bond motifs is 1. The van der Waals surface area contributed by atoms with Gasteiger partial charge in [-0.1, -0.05) is 35.3 Å². The molecule has 0 saturated carbocycles. The highest BCUT2D eigenvalue weighted by Gasteiger charge is 2.38. The Kier molecular flexibility index (Phi) is 5.19. The van der Waals surface area contributed by atoms with Crippen molar-refractivity contribution in [3.05, 3.63) is 63.6 Å². The van der Waals surface area contributed by atoms with Gasteiger partial charge < -0.3 is 9.80 Å². The number of carbonyl (C=O) groups is 2. The molecule has 0 radical (unpaired) electrons. The van der Waals surface area contributed by atoms with Gasteiger partial charge in [0.25, 0.3) is 5.78 Å². The maximum absolute atomic E-state index is 12.4. The van der Waals surface area contributed by atoms with Crippen molar-refractivity contribution in [1.82, 2.24) is 0 Å². The number of nitrogens with zero attached hydrogens (tertiary/aromatic N) is 1. The average Bonchev–Trinajstić information content (AvgIpc) is 2.90. The number of rotatable bonds is 4. The maximum atomic E-state index is 12.4. The quantitative estimate of drug-likeness (QED) is 0.726. The Bertz CT molecular complexity index is 877. The van der Waals surface area contributed by atoms with Gasteiger partial charge in [0.2, 0.25) is 0 Å². The lowest BCUT2D eigenvalue weighted by Gasteiger charge is -2.31. The molecule has 0 bridgehead atoms. The van der Waals surface area contributed by atoms with E-state index >= 15 is 0 Å². The van der Waals surface area contributed by atoms with Crippen LogP contribution < -0.4 is 14.7 Å². The first kappa shape index (κ1) is 18.4. The topological polar surface area (TPSA) is 46.3 Å². The number of hydrogen-bond donors (Lipinski definition) is 2. The zero-order valence-corrected chi connectivity index (χ0v) is 16.3. The van der Waals surface area contributed by atoms with Gasteiger partial charge in [-0.05, 0) is 30.3 Å². The molecule has 0 aliphatic carbocycles. The molecule has 4 rings (SSSR count). The van der Waals surface area contributed by atoms with E-state index in [1.165, 1.54) is 15.4 Å². The number of piperazine rings is 1. The Morgan fingerprint density at radius 2 is 1.48 bits per heavy atom. The minimum absolute atomic E-state index is 0.416. The minimum atomic E-state index is -0.459. The van der Waals surface area contributed by atoms with Gasteiger partial charge in [0.05, 0.1) is 11.3 Å². The van der Waals surface area contributed by atoms with E-state index in [1.54, 1.807) is 23.1 Å². The number of amides is 1. The van der Waals surface area contributed by atoms with E-state index < -0.39 is 11.7 Å². The highest BCUT2D eigenvalue weighted by atomic mass is 35.5. The zero-order chi connectivity index (χ0) is 19.0. The molecule has 2 aromatic rings. The van der Waals surface area contributed by atoms with Gasteiger partial charge in [-0.3, -0.25) is 14.5 Å². The van der Waals surface area contributed by atoms with E-state index in [4.69, 9.17) is 23.2 Å². The SMILES string of the molecule is O=C1C(=O)N(C[NH+]2CC[NH+](Cc3ccc(Cl)cc3)CC2)c2ccc(Cl)cc21. The number of halogens is 2. The van der Waals surface area contributed by atoms with Crippen molar-refractivity contribution < 1.29 is 19.4 Å². The first-order chi connectivity index (χ1) is 13.0. The highest BCUT2D eigenvalue weighted by molar-refractivity contribution is 6.52. The molecule has 1 saturated heterocycles. The molecule has 27 heavy (non-hydrogen) atoms. The molecule has 2 aromatic carbocycles. The van der Waals surface area contributed by atoms with E-state index in [0.29, 0.717) is 22.9 Å². The van der Waals surface area contributed by atoms with Gasteiger partial charge in [0.15, 0.2) is 6.67 Å². The van der Waals surface area contributed by atoms with Gasteiger partial charge in [-0.15, -0.1) is 0 Å². The van der Waals surface area contributed by atoms with E-state index in [9.17, 15) is 9.59 Å². The summed E-state index contributed by atoms with van der Waals surface area (Å²) >= 11 is 11.9. The molecule has 7 heteroatoms. The number of anilines is 1. The lowest BCUT2D eigenvalue weighted by molar-refractivity contribution is -1.02. The van der Waals surface area contributed by atoms with Crippen molar-refractivity contribution >= 4 is 40.6 Å². The Balaban J connectivity index is 1.36. The van der Waals surface area contributed by atoms with E-state index in [0.717, 1.165) is 37.7 Å². The maximum Gasteiger partial charge on any atom is 0.303 e. The number of carbonyl (C=O) groups excluding carboxylic acids is 2. The number of quaternary nitrogens is 2. The Morgan fingerprint density at radius 1 is 0.852 bits per heavy atom. The van der Waals surface area contributed by atoms with Gasteiger partial charge >= 0.3 is 5.91 Å². The molecule has 2 aliphatic heterocycles. The summed E-state index contributed by atoms with van der Waals surface area (Å²) in [6.45, 7) is 5.48. The summed E-state index contributed by atoms with van der Waals surface area (Å²) in [6.07, 6.45) is 0. The van der Waals surface area contributed by atoms with Crippen molar-refractivity contribution in [3.63, 3.8) is 0 Å². The third-order valence-corrected chi connectivity index (χ3v) is 5.83. The lowest BCUT2D eigenvalue weighted by Crippen LogP contribution is -3.28. The van der Waals surface area contributed by atoms with Crippen LogP contribution in [-0.4, -0.2) is 44.5 Å². The molecule has 2 aliphatic rings. The summed E-state index contributed by atoms with van der Waals surface area (Å²) in [7, 11) is 0.